The maximum absolute atomic E-state index is 12.1. The summed E-state index contributed by atoms with van der Waals surface area (Å²) in [7, 11) is 3.89. The van der Waals surface area contributed by atoms with Crippen molar-refractivity contribution >= 4 is 11.7 Å². The molecule has 0 aliphatic heterocycles. The molecule has 1 aliphatic carbocycles. The van der Waals surface area contributed by atoms with Gasteiger partial charge in [0, 0.05) is 31.4 Å². The van der Waals surface area contributed by atoms with Gasteiger partial charge in [0.25, 0.3) is 0 Å². The zero-order valence-corrected chi connectivity index (χ0v) is 15.4. The SMILES string of the molecule is CN(C)Cc1cn(CC2CC(NC(=O)Nc3cccnc3)C(O)C2O)nn1. The van der Waals surface area contributed by atoms with E-state index in [1.807, 2.05) is 25.2 Å². The van der Waals surface area contributed by atoms with Crippen molar-refractivity contribution < 1.29 is 15.0 Å². The van der Waals surface area contributed by atoms with E-state index in [4.69, 9.17) is 0 Å². The van der Waals surface area contributed by atoms with E-state index in [-0.39, 0.29) is 5.92 Å². The van der Waals surface area contributed by atoms with E-state index < -0.39 is 24.3 Å². The van der Waals surface area contributed by atoms with Crippen LogP contribution in [0.5, 0.6) is 0 Å². The number of urea groups is 1. The normalized spacial score (nSPS) is 24.9. The molecular weight excluding hydrogens is 350 g/mol. The Labute approximate surface area is 157 Å². The third-order valence-corrected chi connectivity index (χ3v) is 4.52. The Balaban J connectivity index is 1.55. The number of nitrogens with zero attached hydrogens (tertiary/aromatic N) is 5. The van der Waals surface area contributed by atoms with Gasteiger partial charge in [0.05, 0.1) is 29.7 Å². The number of carbonyl (C=O) groups is 1. The van der Waals surface area contributed by atoms with Gasteiger partial charge in [0.15, 0.2) is 0 Å². The van der Waals surface area contributed by atoms with Crippen LogP contribution < -0.4 is 10.6 Å². The van der Waals surface area contributed by atoms with Crippen LogP contribution in [0.3, 0.4) is 0 Å². The lowest BCUT2D eigenvalue weighted by Gasteiger charge is -2.18. The number of rotatable bonds is 6. The van der Waals surface area contributed by atoms with E-state index in [1.165, 1.54) is 6.20 Å². The highest BCUT2D eigenvalue weighted by atomic mass is 16.3. The molecule has 10 nitrogen and oxygen atoms in total. The lowest BCUT2D eigenvalue weighted by atomic mass is 10.1. The number of nitrogens with one attached hydrogen (secondary N) is 2. The second kappa shape index (κ2) is 8.42. The third kappa shape index (κ3) is 5.00. The van der Waals surface area contributed by atoms with E-state index >= 15 is 0 Å². The first-order valence-corrected chi connectivity index (χ1v) is 8.80. The quantitative estimate of drug-likeness (QED) is 0.544. The number of aliphatic hydroxyl groups excluding tert-OH is 2. The first-order chi connectivity index (χ1) is 12.9. The lowest BCUT2D eigenvalue weighted by molar-refractivity contribution is 0.00878. The molecule has 2 heterocycles. The van der Waals surface area contributed by atoms with E-state index in [1.54, 1.807) is 23.0 Å². The molecule has 0 saturated heterocycles. The average Bonchev–Trinajstić information content (AvgIpc) is 3.15. The topological polar surface area (TPSA) is 128 Å². The molecular formula is C17H25N7O3. The third-order valence-electron chi connectivity index (χ3n) is 4.52. The van der Waals surface area contributed by atoms with Crippen LogP contribution >= 0.6 is 0 Å². The Kier molecular flexibility index (Phi) is 5.99. The first-order valence-electron chi connectivity index (χ1n) is 8.80. The molecule has 4 N–H and O–H groups in total. The molecule has 1 aliphatic rings. The minimum atomic E-state index is -1.04. The van der Waals surface area contributed by atoms with Crippen molar-refractivity contribution in [2.24, 2.45) is 5.92 Å². The van der Waals surface area contributed by atoms with Crippen molar-refractivity contribution in [3.8, 4) is 0 Å². The molecule has 3 rings (SSSR count). The van der Waals surface area contributed by atoms with Gasteiger partial charge < -0.3 is 25.7 Å². The summed E-state index contributed by atoms with van der Waals surface area (Å²) in [6.07, 6.45) is 3.41. The number of anilines is 1. The Morgan fingerprint density at radius 1 is 1.37 bits per heavy atom. The highest BCUT2D eigenvalue weighted by Crippen LogP contribution is 2.28. The molecule has 0 bridgehead atoms. The fourth-order valence-corrected chi connectivity index (χ4v) is 3.29. The van der Waals surface area contributed by atoms with Gasteiger partial charge in [-0.15, -0.1) is 5.10 Å². The van der Waals surface area contributed by atoms with Crippen LogP contribution in [-0.4, -0.2) is 73.5 Å². The van der Waals surface area contributed by atoms with Crippen LogP contribution in [0.2, 0.25) is 0 Å². The van der Waals surface area contributed by atoms with Crippen LogP contribution in [0.1, 0.15) is 12.1 Å². The predicted octanol–water partition coefficient (Wildman–Crippen LogP) is -0.333. The lowest BCUT2D eigenvalue weighted by Crippen LogP contribution is -2.44. The monoisotopic (exact) mass is 375 g/mol. The summed E-state index contributed by atoms with van der Waals surface area (Å²) in [4.78, 5) is 18.0. The van der Waals surface area contributed by atoms with Crippen molar-refractivity contribution in [3.63, 3.8) is 0 Å². The summed E-state index contributed by atoms with van der Waals surface area (Å²) >= 11 is 0. The number of pyridine rings is 1. The van der Waals surface area contributed by atoms with Gasteiger partial charge in [-0.1, -0.05) is 5.21 Å². The molecule has 1 saturated carbocycles. The van der Waals surface area contributed by atoms with Crippen molar-refractivity contribution in [1.82, 2.24) is 30.2 Å². The number of carbonyl (C=O) groups excluding carboxylic acids is 1. The van der Waals surface area contributed by atoms with Crippen molar-refractivity contribution in [1.29, 1.82) is 0 Å². The van der Waals surface area contributed by atoms with E-state index in [2.05, 4.69) is 25.9 Å². The summed E-state index contributed by atoms with van der Waals surface area (Å²) in [6, 6.07) is 2.42. The minimum Gasteiger partial charge on any atom is -0.390 e. The van der Waals surface area contributed by atoms with Crippen molar-refractivity contribution in [2.45, 2.75) is 37.8 Å². The number of hydrogen-bond acceptors (Lipinski definition) is 7. The van der Waals surface area contributed by atoms with Gasteiger partial charge in [0.1, 0.15) is 6.10 Å². The largest absolute Gasteiger partial charge is 0.390 e. The van der Waals surface area contributed by atoms with Crippen LogP contribution in [0.4, 0.5) is 10.5 Å². The van der Waals surface area contributed by atoms with Gasteiger partial charge in [-0.2, -0.15) is 0 Å². The van der Waals surface area contributed by atoms with Crippen LogP contribution in [0.25, 0.3) is 0 Å². The van der Waals surface area contributed by atoms with Crippen LogP contribution in [-0.2, 0) is 13.1 Å². The highest BCUT2D eigenvalue weighted by Gasteiger charge is 2.42. The Bertz CT molecular complexity index is 752. The van der Waals surface area contributed by atoms with Gasteiger partial charge >= 0.3 is 6.03 Å². The Hall–Kier alpha value is -2.56. The highest BCUT2D eigenvalue weighted by molar-refractivity contribution is 5.89. The summed E-state index contributed by atoms with van der Waals surface area (Å²) in [6.45, 7) is 1.09. The fourth-order valence-electron chi connectivity index (χ4n) is 3.29. The molecule has 0 spiro atoms. The fraction of sp³-hybridized carbons (Fsp3) is 0.529. The zero-order valence-electron chi connectivity index (χ0n) is 15.4. The van der Waals surface area contributed by atoms with Gasteiger partial charge in [0.2, 0.25) is 0 Å². The Morgan fingerprint density at radius 3 is 2.89 bits per heavy atom. The number of hydrogen-bond donors (Lipinski definition) is 4. The van der Waals surface area contributed by atoms with Crippen LogP contribution in [0.15, 0.2) is 30.7 Å². The van der Waals surface area contributed by atoms with Gasteiger partial charge in [-0.3, -0.25) is 9.67 Å². The van der Waals surface area contributed by atoms with E-state index in [0.717, 1.165) is 5.69 Å². The molecule has 4 atom stereocenters. The number of aromatic nitrogens is 4. The number of aliphatic hydroxyl groups is 2. The first kappa shape index (κ1) is 19.2. The second-order valence-electron chi connectivity index (χ2n) is 7.09. The van der Waals surface area contributed by atoms with Gasteiger partial charge in [-0.25, -0.2) is 4.79 Å². The standard InChI is InChI=1S/C17H25N7O3/c1-23(2)9-13-10-24(22-21-13)8-11-6-14(16(26)15(11)25)20-17(27)19-12-4-3-5-18-7-12/h3-5,7,10-11,14-16,25-26H,6,8-9H2,1-2H3,(H2,19,20,27). The van der Waals surface area contributed by atoms with Crippen molar-refractivity contribution in [2.75, 3.05) is 19.4 Å². The van der Waals surface area contributed by atoms with Crippen LogP contribution in [0, 0.1) is 5.92 Å². The maximum Gasteiger partial charge on any atom is 0.319 e. The van der Waals surface area contributed by atoms with Gasteiger partial charge in [-0.05, 0) is 32.6 Å². The molecule has 4 unspecified atom stereocenters. The summed E-state index contributed by atoms with van der Waals surface area (Å²) in [5.41, 5.74) is 1.38. The van der Waals surface area contributed by atoms with Crippen molar-refractivity contribution in [3.05, 3.63) is 36.4 Å². The molecule has 0 radical (unpaired) electrons. The predicted molar refractivity (Wildman–Crippen MR) is 97.7 cm³/mol. The molecule has 0 aromatic carbocycles. The average molecular weight is 375 g/mol. The molecule has 10 heteroatoms. The molecule has 27 heavy (non-hydrogen) atoms. The summed E-state index contributed by atoms with van der Waals surface area (Å²) in [5.74, 6) is -0.238. The van der Waals surface area contributed by atoms with E-state index in [9.17, 15) is 15.0 Å². The summed E-state index contributed by atoms with van der Waals surface area (Å²) < 4.78 is 1.66. The smallest absolute Gasteiger partial charge is 0.319 e. The molecule has 2 amide bonds. The molecule has 1 fully saturated rings. The van der Waals surface area contributed by atoms with E-state index in [0.29, 0.717) is 25.2 Å². The number of amides is 2. The molecule has 2 aromatic rings. The molecule has 146 valence electrons. The zero-order chi connectivity index (χ0) is 19.4. The molecule has 2 aromatic heterocycles. The summed E-state index contributed by atoms with van der Waals surface area (Å²) in [5, 5.41) is 34.2. The Morgan fingerprint density at radius 2 is 2.19 bits per heavy atom. The minimum absolute atomic E-state index is 0.238. The second-order valence-corrected chi connectivity index (χ2v) is 7.09. The maximum atomic E-state index is 12.1.